The van der Waals surface area contributed by atoms with Crippen LogP contribution in [0.4, 0.5) is 4.79 Å². The van der Waals surface area contributed by atoms with Gasteiger partial charge in [-0.05, 0) is 43.5 Å². The van der Waals surface area contributed by atoms with Gasteiger partial charge in [0.1, 0.15) is 0 Å². The maximum absolute atomic E-state index is 11.7. The number of nitrogens with zero attached hydrogens (tertiary/aromatic N) is 4. The van der Waals surface area contributed by atoms with Crippen molar-refractivity contribution in [3.8, 4) is 5.69 Å². The highest BCUT2D eigenvalue weighted by atomic mass is 16.6. The Bertz CT molecular complexity index is 766. The van der Waals surface area contributed by atoms with Crippen molar-refractivity contribution in [3.63, 3.8) is 0 Å². The third-order valence-electron chi connectivity index (χ3n) is 4.48. The van der Waals surface area contributed by atoms with E-state index in [1.54, 1.807) is 11.1 Å². The average Bonchev–Trinajstić information content (AvgIpc) is 3.22. The summed E-state index contributed by atoms with van der Waals surface area (Å²) in [7, 11) is 0. The number of likely N-dealkylation sites (tertiary alicyclic amines) is 1. The number of ether oxygens (including phenoxy) is 1. The van der Waals surface area contributed by atoms with Gasteiger partial charge in [0.15, 0.2) is 5.96 Å². The Labute approximate surface area is 159 Å². The van der Waals surface area contributed by atoms with Gasteiger partial charge in [0, 0.05) is 31.5 Å². The highest BCUT2D eigenvalue weighted by Gasteiger charge is 2.23. The number of aliphatic imine (C=N–C) groups is 1. The molecule has 0 radical (unpaired) electrons. The maximum Gasteiger partial charge on any atom is 0.409 e. The first-order valence-corrected chi connectivity index (χ1v) is 9.23. The Morgan fingerprint density at radius 1 is 1.37 bits per heavy atom. The average molecular weight is 370 g/mol. The number of nitrogens with two attached hydrogens (primary N) is 1. The highest BCUT2D eigenvalue weighted by Crippen LogP contribution is 2.12. The minimum absolute atomic E-state index is 0.217. The number of benzene rings is 1. The van der Waals surface area contributed by atoms with Crippen molar-refractivity contribution in [3.05, 3.63) is 48.3 Å². The molecule has 1 amide bonds. The first-order chi connectivity index (χ1) is 13.2. The van der Waals surface area contributed by atoms with E-state index in [0.29, 0.717) is 32.2 Å². The predicted molar refractivity (Wildman–Crippen MR) is 104 cm³/mol. The number of hydrogen-bond donors (Lipinski definition) is 2. The summed E-state index contributed by atoms with van der Waals surface area (Å²) in [5.41, 5.74) is 8.09. The molecule has 2 heterocycles. The van der Waals surface area contributed by atoms with Gasteiger partial charge in [-0.25, -0.2) is 14.5 Å². The SMILES string of the molecule is CCOC(=O)N1CCC(NC(N)=NCc2cccc(-n3cccn3)c2)CC1. The van der Waals surface area contributed by atoms with Gasteiger partial charge < -0.3 is 20.7 Å². The second-order valence-electron chi connectivity index (χ2n) is 6.43. The fourth-order valence-corrected chi connectivity index (χ4v) is 3.07. The van der Waals surface area contributed by atoms with E-state index in [1.165, 1.54) is 0 Å². The molecule has 0 atom stereocenters. The van der Waals surface area contributed by atoms with E-state index in [-0.39, 0.29) is 12.1 Å². The van der Waals surface area contributed by atoms with Crippen LogP contribution in [0.25, 0.3) is 5.69 Å². The molecule has 8 nitrogen and oxygen atoms in total. The minimum Gasteiger partial charge on any atom is -0.450 e. The number of amides is 1. The van der Waals surface area contributed by atoms with Gasteiger partial charge in [-0.15, -0.1) is 0 Å². The number of rotatable bonds is 5. The molecular formula is C19H26N6O2. The van der Waals surface area contributed by atoms with Gasteiger partial charge in [-0.1, -0.05) is 12.1 Å². The second kappa shape index (κ2) is 9.07. The van der Waals surface area contributed by atoms with E-state index in [9.17, 15) is 4.79 Å². The number of guanidine groups is 1. The summed E-state index contributed by atoms with van der Waals surface area (Å²) in [4.78, 5) is 17.9. The van der Waals surface area contributed by atoms with Gasteiger partial charge in [-0.3, -0.25) is 0 Å². The van der Waals surface area contributed by atoms with Gasteiger partial charge in [0.05, 0.1) is 18.8 Å². The van der Waals surface area contributed by atoms with E-state index in [4.69, 9.17) is 10.5 Å². The molecule has 0 bridgehead atoms. The zero-order chi connectivity index (χ0) is 19.1. The molecule has 27 heavy (non-hydrogen) atoms. The summed E-state index contributed by atoms with van der Waals surface area (Å²) in [6.07, 6.45) is 5.06. The molecule has 1 saturated heterocycles. The lowest BCUT2D eigenvalue weighted by atomic mass is 10.1. The largest absolute Gasteiger partial charge is 0.450 e. The van der Waals surface area contributed by atoms with Crippen LogP contribution in [0.3, 0.4) is 0 Å². The summed E-state index contributed by atoms with van der Waals surface area (Å²) < 4.78 is 6.85. The lowest BCUT2D eigenvalue weighted by molar-refractivity contribution is 0.0963. The van der Waals surface area contributed by atoms with Crippen LogP contribution < -0.4 is 11.1 Å². The highest BCUT2D eigenvalue weighted by molar-refractivity contribution is 5.78. The molecule has 1 aliphatic heterocycles. The molecule has 0 aliphatic carbocycles. The van der Waals surface area contributed by atoms with Crippen LogP contribution >= 0.6 is 0 Å². The number of piperidine rings is 1. The van der Waals surface area contributed by atoms with E-state index >= 15 is 0 Å². The number of carbonyl (C=O) groups excluding carboxylic acids is 1. The summed E-state index contributed by atoms with van der Waals surface area (Å²) >= 11 is 0. The quantitative estimate of drug-likeness (QED) is 0.619. The summed E-state index contributed by atoms with van der Waals surface area (Å²) in [6.45, 7) is 4.04. The number of carbonyl (C=O) groups is 1. The van der Waals surface area contributed by atoms with Gasteiger partial charge in [0.25, 0.3) is 0 Å². The minimum atomic E-state index is -0.241. The van der Waals surface area contributed by atoms with E-state index in [0.717, 1.165) is 24.1 Å². The maximum atomic E-state index is 11.7. The third-order valence-corrected chi connectivity index (χ3v) is 4.48. The van der Waals surface area contributed by atoms with Crippen molar-refractivity contribution in [1.82, 2.24) is 20.0 Å². The first kappa shape index (κ1) is 18.8. The van der Waals surface area contributed by atoms with Crippen molar-refractivity contribution in [2.75, 3.05) is 19.7 Å². The number of aromatic nitrogens is 2. The Kier molecular flexibility index (Phi) is 6.30. The summed E-state index contributed by atoms with van der Waals surface area (Å²) in [5.74, 6) is 0.425. The first-order valence-electron chi connectivity index (χ1n) is 9.23. The molecule has 0 spiro atoms. The molecule has 0 saturated carbocycles. The lowest BCUT2D eigenvalue weighted by Crippen LogP contribution is -2.48. The lowest BCUT2D eigenvalue weighted by Gasteiger charge is -2.31. The Morgan fingerprint density at radius 3 is 2.89 bits per heavy atom. The van der Waals surface area contributed by atoms with Crippen LogP contribution in [0.15, 0.2) is 47.7 Å². The molecule has 2 aromatic rings. The zero-order valence-electron chi connectivity index (χ0n) is 15.5. The molecule has 144 valence electrons. The standard InChI is InChI=1S/C19H26N6O2/c1-2-27-19(26)24-11-7-16(8-12-24)23-18(20)21-14-15-5-3-6-17(13-15)25-10-4-9-22-25/h3-6,9-10,13,16H,2,7-8,11-12,14H2,1H3,(H3,20,21,23). The molecule has 1 fully saturated rings. The summed E-state index contributed by atoms with van der Waals surface area (Å²) in [5, 5.41) is 7.49. The second-order valence-corrected chi connectivity index (χ2v) is 6.43. The van der Waals surface area contributed by atoms with Gasteiger partial charge >= 0.3 is 6.09 Å². The molecule has 1 aromatic heterocycles. The van der Waals surface area contributed by atoms with Crippen LogP contribution in [-0.2, 0) is 11.3 Å². The van der Waals surface area contributed by atoms with Crippen LogP contribution in [0.1, 0.15) is 25.3 Å². The van der Waals surface area contributed by atoms with Crippen molar-refractivity contribution < 1.29 is 9.53 Å². The summed E-state index contributed by atoms with van der Waals surface area (Å²) in [6, 6.07) is 10.1. The molecular weight excluding hydrogens is 344 g/mol. The fraction of sp³-hybridized carbons (Fsp3) is 0.421. The predicted octanol–water partition coefficient (Wildman–Crippen LogP) is 1.90. The smallest absolute Gasteiger partial charge is 0.409 e. The van der Waals surface area contributed by atoms with E-state index < -0.39 is 0 Å². The topological polar surface area (TPSA) is 97.8 Å². The van der Waals surface area contributed by atoms with Crippen molar-refractivity contribution >= 4 is 12.1 Å². The van der Waals surface area contributed by atoms with Crippen molar-refractivity contribution in [2.45, 2.75) is 32.4 Å². The van der Waals surface area contributed by atoms with Gasteiger partial charge in [-0.2, -0.15) is 5.10 Å². The zero-order valence-corrected chi connectivity index (χ0v) is 15.5. The molecule has 1 aromatic carbocycles. The van der Waals surface area contributed by atoms with Crippen LogP contribution in [-0.4, -0.2) is 52.5 Å². The molecule has 1 aliphatic rings. The Morgan fingerprint density at radius 2 is 2.19 bits per heavy atom. The molecule has 3 N–H and O–H groups in total. The van der Waals surface area contributed by atoms with Gasteiger partial charge in [0.2, 0.25) is 0 Å². The van der Waals surface area contributed by atoms with E-state index in [1.807, 2.05) is 48.1 Å². The van der Waals surface area contributed by atoms with Crippen LogP contribution in [0.5, 0.6) is 0 Å². The third kappa shape index (κ3) is 5.22. The molecule has 0 unspecified atom stereocenters. The van der Waals surface area contributed by atoms with Crippen LogP contribution in [0, 0.1) is 0 Å². The van der Waals surface area contributed by atoms with Crippen molar-refractivity contribution in [2.24, 2.45) is 10.7 Å². The van der Waals surface area contributed by atoms with Crippen LogP contribution in [0.2, 0.25) is 0 Å². The molecule has 8 heteroatoms. The monoisotopic (exact) mass is 370 g/mol. The van der Waals surface area contributed by atoms with E-state index in [2.05, 4.69) is 15.4 Å². The Balaban J connectivity index is 1.49. The Hall–Kier alpha value is -3.03. The normalized spacial score (nSPS) is 15.6. The number of hydrogen-bond acceptors (Lipinski definition) is 4. The molecule has 3 rings (SSSR count). The van der Waals surface area contributed by atoms with Crippen molar-refractivity contribution in [1.29, 1.82) is 0 Å². The fourth-order valence-electron chi connectivity index (χ4n) is 3.07. The number of nitrogens with one attached hydrogen (secondary N) is 1.